The van der Waals surface area contributed by atoms with Crippen LogP contribution < -0.4 is 0 Å². The molecule has 0 bridgehead atoms. The van der Waals surface area contributed by atoms with Crippen LogP contribution in [0.3, 0.4) is 0 Å². The fourth-order valence-electron chi connectivity index (χ4n) is 4.25. The highest BCUT2D eigenvalue weighted by Gasteiger charge is 2.41. The normalized spacial score (nSPS) is 14.5. The molecule has 1 aliphatic carbocycles. The molecule has 1 fully saturated rings. The first-order valence-electron chi connectivity index (χ1n) is 11.0. The van der Waals surface area contributed by atoms with Crippen molar-refractivity contribution >= 4 is 15.9 Å². The van der Waals surface area contributed by atoms with Gasteiger partial charge in [-0.05, 0) is 62.8 Å². The molecule has 1 amide bonds. The molecule has 0 unspecified atom stereocenters. The third kappa shape index (κ3) is 5.39. The van der Waals surface area contributed by atoms with Crippen LogP contribution in [-0.2, 0) is 28.4 Å². The van der Waals surface area contributed by atoms with Crippen LogP contribution in [0.25, 0.3) is 0 Å². The van der Waals surface area contributed by atoms with Gasteiger partial charge in [-0.15, -0.1) is 0 Å². The molecule has 170 valence electrons. The summed E-state index contributed by atoms with van der Waals surface area (Å²) in [4.78, 5) is 15.5. The second-order valence-electron chi connectivity index (χ2n) is 9.29. The van der Waals surface area contributed by atoms with Crippen LogP contribution in [-0.4, -0.2) is 47.2 Å². The van der Waals surface area contributed by atoms with Gasteiger partial charge in [0.25, 0.3) is 0 Å². The summed E-state index contributed by atoms with van der Waals surface area (Å²) < 4.78 is 30.8. The Morgan fingerprint density at radius 3 is 2.26 bits per heavy atom. The maximum atomic E-state index is 13.7. The Hall–Kier alpha value is -2.12. The molecule has 0 aliphatic heterocycles. The van der Waals surface area contributed by atoms with E-state index in [1.54, 1.807) is 4.90 Å². The van der Waals surface area contributed by atoms with Gasteiger partial charge in [-0.1, -0.05) is 31.5 Å². The first kappa shape index (κ1) is 23.5. The van der Waals surface area contributed by atoms with Crippen molar-refractivity contribution in [3.8, 4) is 0 Å². The summed E-state index contributed by atoms with van der Waals surface area (Å²) in [5.74, 6) is 0.143. The highest BCUT2D eigenvalue weighted by atomic mass is 32.2. The summed E-state index contributed by atoms with van der Waals surface area (Å²) in [5.41, 5.74) is 3.53. The summed E-state index contributed by atoms with van der Waals surface area (Å²) >= 11 is 0. The van der Waals surface area contributed by atoms with Gasteiger partial charge in [0.1, 0.15) is 0 Å². The molecular formula is C24H35N3O3S. The van der Waals surface area contributed by atoms with Gasteiger partial charge in [-0.2, -0.15) is 4.31 Å². The molecule has 7 heteroatoms. The Kier molecular flexibility index (Phi) is 6.96. The number of aryl methyl sites for hydroxylation is 4. The zero-order chi connectivity index (χ0) is 22.9. The average Bonchev–Trinajstić information content (AvgIpc) is 3.40. The zero-order valence-corrected chi connectivity index (χ0v) is 20.4. The first-order valence-corrected chi connectivity index (χ1v) is 12.4. The highest BCUT2D eigenvalue weighted by molar-refractivity contribution is 7.89. The monoisotopic (exact) mass is 445 g/mol. The second kappa shape index (κ2) is 9.17. The molecule has 0 radical (unpaired) electrons. The van der Waals surface area contributed by atoms with Gasteiger partial charge >= 0.3 is 0 Å². The maximum Gasteiger partial charge on any atom is 0.244 e. The summed E-state index contributed by atoms with van der Waals surface area (Å²) in [5, 5.41) is 0. The summed E-state index contributed by atoms with van der Waals surface area (Å²) in [7, 11) is -1.81. The van der Waals surface area contributed by atoms with Crippen LogP contribution >= 0.6 is 0 Å². The van der Waals surface area contributed by atoms with E-state index in [2.05, 4.69) is 13.8 Å². The number of benzene rings is 1. The van der Waals surface area contributed by atoms with E-state index in [9.17, 15) is 13.2 Å². The fraction of sp³-hybridized carbons (Fsp3) is 0.542. The van der Waals surface area contributed by atoms with Crippen molar-refractivity contribution in [2.24, 2.45) is 13.0 Å². The lowest BCUT2D eigenvalue weighted by atomic mass is 10.1. The van der Waals surface area contributed by atoms with Crippen LogP contribution in [0.4, 0.5) is 0 Å². The number of carbonyl (C=O) groups excluding carboxylic acids is 1. The average molecular weight is 446 g/mol. The molecule has 1 aromatic heterocycles. The standard InChI is InChI=1S/C24H35N3O3S/c1-17(2)14-26(15-22-8-7-11-25(22)6)23(28)16-27(21-9-10-21)31(29,30)24-19(4)12-18(3)13-20(24)5/h7-8,11-13,17,21H,9-10,14-16H2,1-6H3. The molecule has 0 spiro atoms. The van der Waals surface area contributed by atoms with Crippen LogP contribution in [0.5, 0.6) is 0 Å². The van der Waals surface area contributed by atoms with Crippen molar-refractivity contribution in [3.63, 3.8) is 0 Å². The molecule has 1 heterocycles. The molecule has 0 atom stereocenters. The van der Waals surface area contributed by atoms with Gasteiger partial charge in [0.15, 0.2) is 0 Å². The maximum absolute atomic E-state index is 13.7. The van der Waals surface area contributed by atoms with E-state index in [0.29, 0.717) is 18.0 Å². The molecule has 3 rings (SSSR count). The number of aromatic nitrogens is 1. The number of carbonyl (C=O) groups is 1. The van der Waals surface area contributed by atoms with Gasteiger partial charge in [0.05, 0.1) is 18.0 Å². The number of hydrogen-bond acceptors (Lipinski definition) is 3. The Balaban J connectivity index is 1.89. The van der Waals surface area contributed by atoms with Crippen molar-refractivity contribution in [2.75, 3.05) is 13.1 Å². The third-order valence-corrected chi connectivity index (χ3v) is 7.96. The van der Waals surface area contributed by atoms with Crippen molar-refractivity contribution < 1.29 is 13.2 Å². The Labute approximate surface area is 186 Å². The number of rotatable bonds is 9. The van der Waals surface area contributed by atoms with Crippen LogP contribution in [0.2, 0.25) is 0 Å². The number of sulfonamides is 1. The minimum atomic E-state index is -3.76. The smallest absolute Gasteiger partial charge is 0.244 e. The van der Waals surface area contributed by atoms with E-state index in [1.807, 2.05) is 62.8 Å². The van der Waals surface area contributed by atoms with Crippen molar-refractivity contribution in [3.05, 3.63) is 52.8 Å². The topological polar surface area (TPSA) is 62.6 Å². The second-order valence-corrected chi connectivity index (χ2v) is 11.1. The van der Waals surface area contributed by atoms with Crippen molar-refractivity contribution in [1.82, 2.24) is 13.8 Å². The molecule has 0 N–H and O–H groups in total. The predicted molar refractivity (Wildman–Crippen MR) is 123 cm³/mol. The van der Waals surface area contributed by atoms with Gasteiger partial charge in [0, 0.05) is 31.5 Å². The number of hydrogen-bond donors (Lipinski definition) is 0. The van der Waals surface area contributed by atoms with Gasteiger partial charge in [-0.25, -0.2) is 8.42 Å². The van der Waals surface area contributed by atoms with E-state index >= 15 is 0 Å². The lowest BCUT2D eigenvalue weighted by Crippen LogP contribution is -2.45. The van der Waals surface area contributed by atoms with Gasteiger partial charge in [0.2, 0.25) is 15.9 Å². The van der Waals surface area contributed by atoms with E-state index in [1.165, 1.54) is 4.31 Å². The molecular weight excluding hydrogens is 410 g/mol. The molecule has 31 heavy (non-hydrogen) atoms. The molecule has 0 saturated heterocycles. The van der Waals surface area contributed by atoms with Crippen molar-refractivity contribution in [2.45, 2.75) is 64.9 Å². The molecule has 1 aromatic carbocycles. The number of amides is 1. The van der Waals surface area contributed by atoms with Gasteiger partial charge < -0.3 is 9.47 Å². The van der Waals surface area contributed by atoms with Crippen LogP contribution in [0.15, 0.2) is 35.4 Å². The third-order valence-electron chi connectivity index (χ3n) is 5.76. The van der Waals surface area contributed by atoms with E-state index < -0.39 is 10.0 Å². The van der Waals surface area contributed by atoms with Crippen LogP contribution in [0.1, 0.15) is 49.1 Å². The summed E-state index contributed by atoms with van der Waals surface area (Å²) in [6, 6.07) is 7.65. The Bertz CT molecular complexity index is 1030. The fourth-order valence-corrected chi connectivity index (χ4v) is 6.30. The molecule has 1 saturated carbocycles. The molecule has 1 aliphatic rings. The SMILES string of the molecule is Cc1cc(C)c(S(=O)(=O)N(CC(=O)N(Cc2cccn2C)CC(C)C)C2CC2)c(C)c1. The summed E-state index contributed by atoms with van der Waals surface area (Å²) in [6.45, 7) is 10.7. The number of nitrogens with zero attached hydrogens (tertiary/aromatic N) is 3. The Morgan fingerprint density at radius 2 is 1.77 bits per heavy atom. The zero-order valence-electron chi connectivity index (χ0n) is 19.6. The van der Waals surface area contributed by atoms with Crippen LogP contribution in [0, 0.1) is 26.7 Å². The quantitative estimate of drug-likeness (QED) is 0.590. The summed E-state index contributed by atoms with van der Waals surface area (Å²) in [6.07, 6.45) is 3.56. The van der Waals surface area contributed by atoms with E-state index in [0.717, 1.165) is 35.2 Å². The minimum Gasteiger partial charge on any atom is -0.353 e. The lowest BCUT2D eigenvalue weighted by molar-refractivity contribution is -0.132. The Morgan fingerprint density at radius 1 is 1.16 bits per heavy atom. The van der Waals surface area contributed by atoms with Gasteiger partial charge in [-0.3, -0.25) is 4.79 Å². The van der Waals surface area contributed by atoms with Crippen molar-refractivity contribution in [1.29, 1.82) is 0 Å². The molecule has 6 nitrogen and oxygen atoms in total. The first-order chi connectivity index (χ1) is 14.5. The molecule has 2 aromatic rings. The predicted octanol–water partition coefficient (Wildman–Crippen LogP) is 3.79. The highest BCUT2D eigenvalue weighted by Crippen LogP contribution is 2.34. The minimum absolute atomic E-state index is 0.0926. The largest absolute Gasteiger partial charge is 0.353 e. The lowest BCUT2D eigenvalue weighted by Gasteiger charge is -2.29. The van der Waals surface area contributed by atoms with E-state index in [4.69, 9.17) is 0 Å². The van der Waals surface area contributed by atoms with E-state index in [-0.39, 0.29) is 24.4 Å².